The molecular weight excluding hydrogens is 601 g/mol. The van der Waals surface area contributed by atoms with Gasteiger partial charge in [-0.25, -0.2) is 4.98 Å². The molecular formula is C32H30N4O6S2. The number of benzene rings is 3. The molecule has 1 heterocycles. The van der Waals surface area contributed by atoms with E-state index in [4.69, 9.17) is 9.47 Å². The van der Waals surface area contributed by atoms with Gasteiger partial charge in [-0.05, 0) is 55.5 Å². The van der Waals surface area contributed by atoms with E-state index in [1.54, 1.807) is 91.2 Å². The Labute approximate surface area is 262 Å². The van der Waals surface area contributed by atoms with Gasteiger partial charge in [0.25, 0.3) is 11.8 Å². The molecule has 12 heteroatoms. The zero-order valence-corrected chi connectivity index (χ0v) is 25.6. The van der Waals surface area contributed by atoms with Crippen molar-refractivity contribution < 1.29 is 28.7 Å². The van der Waals surface area contributed by atoms with Crippen LogP contribution < -0.4 is 20.7 Å². The first-order chi connectivity index (χ1) is 21.3. The minimum absolute atomic E-state index is 0.0334. The Morgan fingerprint density at radius 1 is 0.932 bits per heavy atom. The van der Waals surface area contributed by atoms with E-state index in [0.717, 1.165) is 4.90 Å². The monoisotopic (exact) mass is 630 g/mol. The summed E-state index contributed by atoms with van der Waals surface area (Å²) in [5, 5.41) is 10.4. The fourth-order valence-corrected chi connectivity index (χ4v) is 5.25. The summed E-state index contributed by atoms with van der Waals surface area (Å²) in [5.41, 5.74) is 2.09. The van der Waals surface area contributed by atoms with Crippen LogP contribution in [0.3, 0.4) is 0 Å². The van der Waals surface area contributed by atoms with Crippen molar-refractivity contribution in [2.45, 2.75) is 18.2 Å². The van der Waals surface area contributed by atoms with Gasteiger partial charge in [-0.15, -0.1) is 23.1 Å². The zero-order chi connectivity index (χ0) is 31.3. The van der Waals surface area contributed by atoms with E-state index >= 15 is 0 Å². The second kappa shape index (κ2) is 16.1. The number of rotatable bonds is 13. The van der Waals surface area contributed by atoms with E-state index in [2.05, 4.69) is 20.9 Å². The Hall–Kier alpha value is -4.94. The van der Waals surface area contributed by atoms with Crippen LogP contribution >= 0.6 is 23.1 Å². The average molecular weight is 631 g/mol. The summed E-state index contributed by atoms with van der Waals surface area (Å²) in [6.45, 7) is 2.03. The highest BCUT2D eigenvalue weighted by atomic mass is 32.2. The Morgan fingerprint density at radius 2 is 1.66 bits per heavy atom. The summed E-state index contributed by atoms with van der Waals surface area (Å²) in [6, 6.07) is 22.7. The average Bonchev–Trinajstić information content (AvgIpc) is 3.47. The Kier molecular flexibility index (Phi) is 11.7. The van der Waals surface area contributed by atoms with E-state index in [0.29, 0.717) is 40.0 Å². The Morgan fingerprint density at radius 3 is 2.39 bits per heavy atom. The van der Waals surface area contributed by atoms with E-state index in [9.17, 15) is 19.2 Å². The van der Waals surface area contributed by atoms with Crippen molar-refractivity contribution in [3.05, 3.63) is 107 Å². The first-order valence-corrected chi connectivity index (χ1v) is 15.4. The molecule has 0 fully saturated rings. The van der Waals surface area contributed by atoms with E-state index in [-0.39, 0.29) is 29.7 Å². The van der Waals surface area contributed by atoms with Crippen LogP contribution in [0, 0.1) is 0 Å². The highest BCUT2D eigenvalue weighted by molar-refractivity contribution is 8.00. The molecule has 3 amide bonds. The molecule has 3 aromatic carbocycles. The first kappa shape index (κ1) is 32.0. The van der Waals surface area contributed by atoms with Crippen LogP contribution in [-0.2, 0) is 25.5 Å². The summed E-state index contributed by atoms with van der Waals surface area (Å²) in [4.78, 5) is 55.3. The number of methoxy groups -OCH3 is 1. The van der Waals surface area contributed by atoms with E-state index in [1.807, 2.05) is 6.07 Å². The number of carbonyl (C=O) groups excluding carboxylic acids is 4. The van der Waals surface area contributed by atoms with Gasteiger partial charge < -0.3 is 25.4 Å². The second-order valence-corrected chi connectivity index (χ2v) is 11.0. The molecule has 44 heavy (non-hydrogen) atoms. The number of para-hydroxylation sites is 1. The number of anilines is 2. The summed E-state index contributed by atoms with van der Waals surface area (Å²) in [6.07, 6.45) is 1.61. The van der Waals surface area contributed by atoms with Crippen molar-refractivity contribution in [2.75, 3.05) is 30.1 Å². The van der Waals surface area contributed by atoms with Gasteiger partial charge in [0.1, 0.15) is 11.4 Å². The molecule has 226 valence electrons. The van der Waals surface area contributed by atoms with Crippen molar-refractivity contribution in [1.29, 1.82) is 0 Å². The fourth-order valence-electron chi connectivity index (χ4n) is 3.83. The first-order valence-electron chi connectivity index (χ1n) is 13.5. The molecule has 4 rings (SSSR count). The molecule has 0 aliphatic rings. The molecule has 1 aromatic heterocycles. The summed E-state index contributed by atoms with van der Waals surface area (Å²) < 4.78 is 10.3. The molecule has 0 aliphatic heterocycles. The molecule has 0 saturated heterocycles. The lowest BCUT2D eigenvalue weighted by atomic mass is 10.1. The molecule has 10 nitrogen and oxygen atoms in total. The maximum absolute atomic E-state index is 13.3. The normalized spacial score (nSPS) is 10.9. The number of nitrogens with one attached hydrogen (secondary N) is 3. The molecule has 0 radical (unpaired) electrons. The number of ether oxygens (including phenoxy) is 2. The standard InChI is InChI=1S/C32H30N4O6S2/c1-3-42-29(38)18-24-19-44-32(34-24)36-28(37)20-43-25-15-13-23(14-16-25)33-31(40)26(17-22-11-7-8-12-27(22)41-2)35-30(39)21-9-5-4-6-10-21/h4-17,19H,3,18,20H2,1-2H3,(H,33,40)(H,35,39)(H,34,36,37)/b26-17-. The molecule has 3 N–H and O–H groups in total. The topological polar surface area (TPSA) is 136 Å². The van der Waals surface area contributed by atoms with E-state index < -0.39 is 11.8 Å². The minimum atomic E-state index is -0.522. The summed E-state index contributed by atoms with van der Waals surface area (Å²) in [7, 11) is 1.53. The Balaban J connectivity index is 1.36. The maximum atomic E-state index is 13.3. The number of nitrogens with zero attached hydrogens (tertiary/aromatic N) is 1. The summed E-state index contributed by atoms with van der Waals surface area (Å²) >= 11 is 2.55. The molecule has 0 bridgehead atoms. The lowest BCUT2D eigenvalue weighted by molar-refractivity contribution is -0.142. The van der Waals surface area contributed by atoms with Crippen molar-refractivity contribution in [2.24, 2.45) is 0 Å². The van der Waals surface area contributed by atoms with Crippen molar-refractivity contribution >= 4 is 63.7 Å². The zero-order valence-electron chi connectivity index (χ0n) is 24.0. The van der Waals surface area contributed by atoms with Crippen molar-refractivity contribution in [3.8, 4) is 5.75 Å². The number of carbonyl (C=O) groups is 4. The largest absolute Gasteiger partial charge is 0.496 e. The third-order valence-electron chi connectivity index (χ3n) is 5.88. The number of thiazole rings is 1. The van der Waals surface area contributed by atoms with Crippen molar-refractivity contribution in [1.82, 2.24) is 10.3 Å². The Bertz CT molecular complexity index is 1640. The van der Waals surface area contributed by atoms with Gasteiger partial charge in [0.05, 0.1) is 31.6 Å². The van der Waals surface area contributed by atoms with Crippen LogP contribution in [0.15, 0.2) is 94.8 Å². The molecule has 0 saturated carbocycles. The lowest BCUT2D eigenvalue weighted by Gasteiger charge is -2.13. The van der Waals surface area contributed by atoms with Gasteiger partial charge >= 0.3 is 5.97 Å². The number of esters is 1. The third-order valence-corrected chi connectivity index (χ3v) is 7.70. The predicted molar refractivity (Wildman–Crippen MR) is 172 cm³/mol. The summed E-state index contributed by atoms with van der Waals surface area (Å²) in [5.74, 6) is -0.888. The highest BCUT2D eigenvalue weighted by Gasteiger charge is 2.16. The van der Waals surface area contributed by atoms with Gasteiger partial charge in [-0.1, -0.05) is 36.4 Å². The predicted octanol–water partition coefficient (Wildman–Crippen LogP) is 5.40. The number of hydrogen-bond acceptors (Lipinski definition) is 9. The highest BCUT2D eigenvalue weighted by Crippen LogP contribution is 2.23. The van der Waals surface area contributed by atoms with E-state index in [1.165, 1.54) is 30.2 Å². The van der Waals surface area contributed by atoms with Crippen LogP contribution in [-0.4, -0.2) is 48.1 Å². The van der Waals surface area contributed by atoms with Gasteiger partial charge in [0.15, 0.2) is 5.13 Å². The molecule has 0 unspecified atom stereocenters. The third kappa shape index (κ3) is 9.54. The number of amides is 3. The SMILES string of the molecule is CCOC(=O)Cc1csc(NC(=O)CSc2ccc(NC(=O)/C(=C/c3ccccc3OC)NC(=O)c3ccccc3)cc2)n1. The van der Waals surface area contributed by atoms with Gasteiger partial charge in [0.2, 0.25) is 5.91 Å². The lowest BCUT2D eigenvalue weighted by Crippen LogP contribution is -2.30. The van der Waals surface area contributed by atoms with Crippen LogP contribution in [0.25, 0.3) is 6.08 Å². The van der Waals surface area contributed by atoms with Crippen LogP contribution in [0.1, 0.15) is 28.5 Å². The van der Waals surface area contributed by atoms with Crippen molar-refractivity contribution in [3.63, 3.8) is 0 Å². The fraction of sp³-hybridized carbons (Fsp3) is 0.156. The quantitative estimate of drug-likeness (QED) is 0.102. The molecule has 0 spiro atoms. The van der Waals surface area contributed by atoms with Crippen LogP contribution in [0.5, 0.6) is 5.75 Å². The number of aromatic nitrogens is 1. The minimum Gasteiger partial charge on any atom is -0.496 e. The molecule has 0 atom stereocenters. The molecule has 0 aliphatic carbocycles. The van der Waals surface area contributed by atoms with Crippen LogP contribution in [0.2, 0.25) is 0 Å². The van der Waals surface area contributed by atoms with Gasteiger partial charge in [-0.2, -0.15) is 0 Å². The number of thioether (sulfide) groups is 1. The maximum Gasteiger partial charge on any atom is 0.311 e. The molecule has 4 aromatic rings. The second-order valence-electron chi connectivity index (χ2n) is 9.06. The van der Waals surface area contributed by atoms with Gasteiger partial charge in [-0.3, -0.25) is 19.2 Å². The smallest absolute Gasteiger partial charge is 0.311 e. The van der Waals surface area contributed by atoms with Gasteiger partial charge in [0, 0.05) is 27.1 Å². The number of hydrogen-bond donors (Lipinski definition) is 3. The van der Waals surface area contributed by atoms with Crippen LogP contribution in [0.4, 0.5) is 10.8 Å².